The van der Waals surface area contributed by atoms with E-state index in [1.165, 1.54) is 43.9 Å². The van der Waals surface area contributed by atoms with E-state index in [0.717, 1.165) is 12.8 Å². The molecule has 1 atom stereocenters. The zero-order valence-electron chi connectivity index (χ0n) is 12.3. The third-order valence-electron chi connectivity index (χ3n) is 4.35. The van der Waals surface area contributed by atoms with Crippen molar-refractivity contribution in [2.75, 3.05) is 7.11 Å². The third-order valence-corrected chi connectivity index (χ3v) is 4.35. The maximum Gasteiger partial charge on any atom is 0.305 e. The molecule has 0 saturated heterocycles. The fraction of sp³-hybridized carbons (Fsp3) is 0.588. The van der Waals surface area contributed by atoms with Gasteiger partial charge in [-0.3, -0.25) is 4.79 Å². The van der Waals surface area contributed by atoms with E-state index >= 15 is 0 Å². The summed E-state index contributed by atoms with van der Waals surface area (Å²) in [6.07, 6.45) is 7.41. The molecule has 20 heavy (non-hydrogen) atoms. The van der Waals surface area contributed by atoms with E-state index < -0.39 is 0 Å². The zero-order valence-corrected chi connectivity index (χ0v) is 12.3. The SMILES string of the molecule is COC(=O)CCCc1ccc(C(N)C2CCCC2)cc1. The second-order valence-corrected chi connectivity index (χ2v) is 5.74. The number of esters is 1. The average Bonchev–Trinajstić information content (AvgIpc) is 3.01. The molecule has 1 unspecified atom stereocenters. The molecule has 0 radical (unpaired) electrons. The molecule has 1 aromatic rings. The maximum atomic E-state index is 11.1. The number of carbonyl (C=O) groups excluding carboxylic acids is 1. The van der Waals surface area contributed by atoms with Crippen molar-refractivity contribution in [3.05, 3.63) is 35.4 Å². The number of benzene rings is 1. The minimum atomic E-state index is -0.134. The molecule has 0 aliphatic heterocycles. The lowest BCUT2D eigenvalue weighted by atomic mass is 9.91. The summed E-state index contributed by atoms with van der Waals surface area (Å²) in [4.78, 5) is 11.1. The van der Waals surface area contributed by atoms with Gasteiger partial charge in [0.2, 0.25) is 0 Å². The zero-order chi connectivity index (χ0) is 14.4. The molecule has 1 aliphatic carbocycles. The molecular formula is C17H25NO2. The van der Waals surface area contributed by atoms with Gasteiger partial charge in [0, 0.05) is 12.5 Å². The Hall–Kier alpha value is -1.35. The van der Waals surface area contributed by atoms with Gasteiger partial charge in [0.25, 0.3) is 0 Å². The molecule has 1 fully saturated rings. The van der Waals surface area contributed by atoms with Crippen molar-refractivity contribution < 1.29 is 9.53 Å². The molecule has 1 aromatic carbocycles. The largest absolute Gasteiger partial charge is 0.469 e. The van der Waals surface area contributed by atoms with E-state index in [1.807, 2.05) is 0 Å². The predicted octanol–water partition coefficient (Wildman–Crippen LogP) is 3.37. The van der Waals surface area contributed by atoms with Gasteiger partial charge < -0.3 is 10.5 Å². The summed E-state index contributed by atoms with van der Waals surface area (Å²) in [6, 6.07) is 8.76. The number of nitrogens with two attached hydrogens (primary N) is 1. The van der Waals surface area contributed by atoms with Gasteiger partial charge in [0.15, 0.2) is 0 Å². The molecule has 1 aliphatic rings. The first-order chi connectivity index (χ1) is 9.70. The van der Waals surface area contributed by atoms with Gasteiger partial charge in [-0.05, 0) is 42.7 Å². The van der Waals surface area contributed by atoms with Crippen molar-refractivity contribution in [1.82, 2.24) is 0 Å². The van der Waals surface area contributed by atoms with Crippen LogP contribution in [0.15, 0.2) is 24.3 Å². The Morgan fingerprint density at radius 2 is 1.95 bits per heavy atom. The van der Waals surface area contributed by atoms with Crippen LogP contribution in [0.3, 0.4) is 0 Å². The summed E-state index contributed by atoms with van der Waals surface area (Å²) >= 11 is 0. The summed E-state index contributed by atoms with van der Waals surface area (Å²) < 4.78 is 4.64. The normalized spacial score (nSPS) is 17.1. The number of ether oxygens (including phenoxy) is 1. The van der Waals surface area contributed by atoms with Gasteiger partial charge in [-0.25, -0.2) is 0 Å². The Bertz CT molecular complexity index is 421. The summed E-state index contributed by atoms with van der Waals surface area (Å²) in [5.41, 5.74) is 8.85. The first-order valence-corrected chi connectivity index (χ1v) is 7.62. The van der Waals surface area contributed by atoms with Crippen LogP contribution in [0.25, 0.3) is 0 Å². The highest BCUT2D eigenvalue weighted by Crippen LogP contribution is 2.34. The van der Waals surface area contributed by atoms with Crippen LogP contribution in [-0.2, 0) is 16.0 Å². The highest BCUT2D eigenvalue weighted by atomic mass is 16.5. The Labute approximate surface area is 121 Å². The monoisotopic (exact) mass is 275 g/mol. The molecule has 2 rings (SSSR count). The van der Waals surface area contributed by atoms with Crippen LogP contribution in [0.4, 0.5) is 0 Å². The second-order valence-electron chi connectivity index (χ2n) is 5.74. The average molecular weight is 275 g/mol. The summed E-state index contributed by atoms with van der Waals surface area (Å²) in [7, 11) is 1.43. The van der Waals surface area contributed by atoms with Gasteiger partial charge in [0.1, 0.15) is 0 Å². The molecule has 2 N–H and O–H groups in total. The van der Waals surface area contributed by atoms with Crippen LogP contribution in [0, 0.1) is 5.92 Å². The molecule has 0 amide bonds. The van der Waals surface area contributed by atoms with Gasteiger partial charge in [-0.2, -0.15) is 0 Å². The molecule has 0 heterocycles. The molecule has 0 bridgehead atoms. The molecule has 110 valence electrons. The molecule has 3 nitrogen and oxygen atoms in total. The van der Waals surface area contributed by atoms with Gasteiger partial charge in [-0.1, -0.05) is 37.1 Å². The number of aryl methyl sites for hydroxylation is 1. The summed E-state index contributed by atoms with van der Waals surface area (Å²) in [5, 5.41) is 0. The van der Waals surface area contributed by atoms with Crippen LogP contribution in [-0.4, -0.2) is 13.1 Å². The number of carbonyl (C=O) groups is 1. The van der Waals surface area contributed by atoms with E-state index in [2.05, 4.69) is 29.0 Å². The lowest BCUT2D eigenvalue weighted by Gasteiger charge is -2.19. The lowest BCUT2D eigenvalue weighted by Crippen LogP contribution is -2.18. The molecule has 0 aromatic heterocycles. The van der Waals surface area contributed by atoms with Crippen molar-refractivity contribution in [3.63, 3.8) is 0 Å². The van der Waals surface area contributed by atoms with Crippen LogP contribution in [0.1, 0.15) is 55.7 Å². The van der Waals surface area contributed by atoms with Crippen molar-refractivity contribution in [2.45, 2.75) is 51.0 Å². The second kappa shape index (κ2) is 7.44. The highest BCUT2D eigenvalue weighted by molar-refractivity contribution is 5.69. The number of hydrogen-bond acceptors (Lipinski definition) is 3. The maximum absolute atomic E-state index is 11.1. The van der Waals surface area contributed by atoms with Gasteiger partial charge >= 0.3 is 5.97 Å². The molecule has 3 heteroatoms. The van der Waals surface area contributed by atoms with E-state index in [9.17, 15) is 4.79 Å². The topological polar surface area (TPSA) is 52.3 Å². The van der Waals surface area contributed by atoms with Crippen molar-refractivity contribution >= 4 is 5.97 Å². The first kappa shape index (κ1) is 15.0. The van der Waals surface area contributed by atoms with Gasteiger partial charge in [0.05, 0.1) is 7.11 Å². The Balaban J connectivity index is 1.84. The fourth-order valence-electron chi connectivity index (χ4n) is 3.03. The summed E-state index contributed by atoms with van der Waals surface area (Å²) in [5.74, 6) is 0.519. The Morgan fingerprint density at radius 3 is 2.55 bits per heavy atom. The molecule has 1 saturated carbocycles. The third kappa shape index (κ3) is 4.07. The van der Waals surface area contributed by atoms with Crippen molar-refractivity contribution in [1.29, 1.82) is 0 Å². The minimum Gasteiger partial charge on any atom is -0.469 e. The predicted molar refractivity (Wildman–Crippen MR) is 80.3 cm³/mol. The highest BCUT2D eigenvalue weighted by Gasteiger charge is 2.22. The fourth-order valence-corrected chi connectivity index (χ4v) is 3.03. The van der Waals surface area contributed by atoms with Crippen molar-refractivity contribution in [2.24, 2.45) is 11.7 Å². The summed E-state index contributed by atoms with van der Waals surface area (Å²) in [6.45, 7) is 0. The number of methoxy groups -OCH3 is 1. The van der Waals surface area contributed by atoms with E-state index in [1.54, 1.807) is 0 Å². The lowest BCUT2D eigenvalue weighted by molar-refractivity contribution is -0.140. The smallest absolute Gasteiger partial charge is 0.305 e. The van der Waals surface area contributed by atoms with Crippen LogP contribution in [0.2, 0.25) is 0 Å². The molecule has 0 spiro atoms. The quantitative estimate of drug-likeness (QED) is 0.810. The minimum absolute atomic E-state index is 0.134. The Kier molecular flexibility index (Phi) is 5.60. The number of rotatable bonds is 6. The Morgan fingerprint density at radius 1 is 1.30 bits per heavy atom. The van der Waals surface area contributed by atoms with Crippen LogP contribution in [0.5, 0.6) is 0 Å². The standard InChI is InChI=1S/C17H25NO2/c1-20-16(19)8-4-5-13-9-11-15(12-10-13)17(18)14-6-2-3-7-14/h9-12,14,17H,2-8,18H2,1H3. The van der Waals surface area contributed by atoms with E-state index in [0.29, 0.717) is 12.3 Å². The van der Waals surface area contributed by atoms with Crippen molar-refractivity contribution in [3.8, 4) is 0 Å². The van der Waals surface area contributed by atoms with Crippen LogP contribution >= 0.6 is 0 Å². The molecular weight excluding hydrogens is 250 g/mol. The van der Waals surface area contributed by atoms with E-state index in [4.69, 9.17) is 5.73 Å². The first-order valence-electron chi connectivity index (χ1n) is 7.62. The van der Waals surface area contributed by atoms with Crippen LogP contribution < -0.4 is 5.73 Å². The van der Waals surface area contributed by atoms with Gasteiger partial charge in [-0.15, -0.1) is 0 Å². The number of hydrogen-bond donors (Lipinski definition) is 1. The van der Waals surface area contributed by atoms with E-state index in [-0.39, 0.29) is 12.0 Å².